The van der Waals surface area contributed by atoms with E-state index in [9.17, 15) is 14.0 Å². The number of rotatable bonds is 11. The van der Waals surface area contributed by atoms with Gasteiger partial charge >= 0.3 is 0 Å². The molecule has 2 aromatic carbocycles. The quantitative estimate of drug-likeness (QED) is 0.397. The summed E-state index contributed by atoms with van der Waals surface area (Å²) in [5.41, 5.74) is 1.55. The molecule has 3 rings (SSSR count). The summed E-state index contributed by atoms with van der Waals surface area (Å²) < 4.78 is 19.6. The Bertz CT molecular complexity index is 1070. The molecule has 2 N–H and O–H groups in total. The Morgan fingerprint density at radius 3 is 2.48 bits per heavy atom. The summed E-state index contributed by atoms with van der Waals surface area (Å²) in [5, 5.41) is 5.63. The number of nitrogens with zero attached hydrogens (tertiary/aromatic N) is 1. The molecule has 6 nitrogen and oxygen atoms in total. The maximum Gasteiger partial charge on any atom is 0.258 e. The Kier molecular flexibility index (Phi) is 8.63. The summed E-state index contributed by atoms with van der Waals surface area (Å²) in [6, 6.07) is 14.7. The molecule has 0 aliphatic rings. The van der Waals surface area contributed by atoms with Crippen LogP contribution in [0, 0.1) is 5.82 Å². The maximum absolute atomic E-state index is 14.0. The molecular weight excluding hydrogens is 421 g/mol. The molecule has 0 bridgehead atoms. The number of hydrogen-bond donors (Lipinski definition) is 2. The van der Waals surface area contributed by atoms with Crippen molar-refractivity contribution < 1.29 is 18.4 Å². The second-order valence-corrected chi connectivity index (χ2v) is 7.78. The number of unbranched alkanes of at least 4 members (excludes halogenated alkanes) is 1. The number of hydrogen-bond acceptors (Lipinski definition) is 4. The van der Waals surface area contributed by atoms with Gasteiger partial charge in [-0.2, -0.15) is 0 Å². The SMILES string of the molecule is CCCCN(Cc1ccco1)c1ccc(NC(=O)c2ccccc2F)cc1C(=O)NCCC. The van der Waals surface area contributed by atoms with E-state index in [1.807, 2.05) is 25.1 Å². The van der Waals surface area contributed by atoms with Crippen molar-refractivity contribution >= 4 is 23.2 Å². The number of furan rings is 1. The molecule has 3 aromatic rings. The molecule has 0 radical (unpaired) electrons. The van der Waals surface area contributed by atoms with Crippen molar-refractivity contribution in [2.45, 2.75) is 39.7 Å². The van der Waals surface area contributed by atoms with Crippen molar-refractivity contribution in [3.05, 3.63) is 83.6 Å². The third kappa shape index (κ3) is 6.44. The second kappa shape index (κ2) is 11.9. The number of anilines is 2. The molecule has 0 saturated carbocycles. The number of benzene rings is 2. The molecule has 0 aliphatic carbocycles. The highest BCUT2D eigenvalue weighted by Crippen LogP contribution is 2.27. The lowest BCUT2D eigenvalue weighted by molar-refractivity contribution is 0.0952. The summed E-state index contributed by atoms with van der Waals surface area (Å²) >= 11 is 0. The minimum absolute atomic E-state index is 0.0547. The lowest BCUT2D eigenvalue weighted by Gasteiger charge is -2.26. The first-order chi connectivity index (χ1) is 16.0. The second-order valence-electron chi connectivity index (χ2n) is 7.78. The maximum atomic E-state index is 14.0. The molecule has 1 heterocycles. The van der Waals surface area contributed by atoms with E-state index in [0.29, 0.717) is 24.3 Å². The van der Waals surface area contributed by atoms with Gasteiger partial charge in [0.25, 0.3) is 11.8 Å². The zero-order valence-corrected chi connectivity index (χ0v) is 19.1. The van der Waals surface area contributed by atoms with Crippen LogP contribution < -0.4 is 15.5 Å². The van der Waals surface area contributed by atoms with Gasteiger partial charge in [-0.15, -0.1) is 0 Å². The smallest absolute Gasteiger partial charge is 0.258 e. The molecule has 0 aliphatic heterocycles. The minimum Gasteiger partial charge on any atom is -0.467 e. The lowest BCUT2D eigenvalue weighted by atomic mass is 10.1. The van der Waals surface area contributed by atoms with Crippen molar-refractivity contribution in [2.24, 2.45) is 0 Å². The highest BCUT2D eigenvalue weighted by molar-refractivity contribution is 6.06. The Labute approximate surface area is 193 Å². The van der Waals surface area contributed by atoms with E-state index >= 15 is 0 Å². The first kappa shape index (κ1) is 24.0. The Hall–Kier alpha value is -3.61. The van der Waals surface area contributed by atoms with Crippen LogP contribution in [0.2, 0.25) is 0 Å². The highest BCUT2D eigenvalue weighted by atomic mass is 19.1. The van der Waals surface area contributed by atoms with E-state index in [-0.39, 0.29) is 11.5 Å². The van der Waals surface area contributed by atoms with Crippen LogP contribution in [0.1, 0.15) is 59.6 Å². The van der Waals surface area contributed by atoms with Crippen molar-refractivity contribution in [2.75, 3.05) is 23.3 Å². The molecule has 0 saturated heterocycles. The molecule has 0 atom stereocenters. The topological polar surface area (TPSA) is 74.6 Å². The third-order valence-corrected chi connectivity index (χ3v) is 5.20. The first-order valence-electron chi connectivity index (χ1n) is 11.3. The van der Waals surface area contributed by atoms with Gasteiger partial charge in [-0.25, -0.2) is 4.39 Å². The average Bonchev–Trinajstić information content (AvgIpc) is 3.33. The van der Waals surface area contributed by atoms with Crippen molar-refractivity contribution in [1.82, 2.24) is 5.32 Å². The molecule has 174 valence electrons. The average molecular weight is 452 g/mol. The van der Waals surface area contributed by atoms with Gasteiger partial charge in [0.15, 0.2) is 0 Å². The van der Waals surface area contributed by atoms with Crippen LogP contribution in [0.15, 0.2) is 65.3 Å². The minimum atomic E-state index is -0.600. The predicted octanol–water partition coefficient (Wildman–Crippen LogP) is 5.62. The fraction of sp³-hybridized carbons (Fsp3) is 0.308. The molecule has 33 heavy (non-hydrogen) atoms. The van der Waals surface area contributed by atoms with Crippen LogP contribution in [0.3, 0.4) is 0 Å². The van der Waals surface area contributed by atoms with Crippen LogP contribution in [0.5, 0.6) is 0 Å². The molecule has 0 unspecified atom stereocenters. The van der Waals surface area contributed by atoms with E-state index in [1.165, 1.54) is 18.2 Å². The molecule has 0 fully saturated rings. The van der Waals surface area contributed by atoms with Crippen molar-refractivity contribution in [3.8, 4) is 0 Å². The lowest BCUT2D eigenvalue weighted by Crippen LogP contribution is -2.30. The van der Waals surface area contributed by atoms with Gasteiger partial charge in [0, 0.05) is 18.8 Å². The summed E-state index contributed by atoms with van der Waals surface area (Å²) in [6.45, 7) is 5.89. The zero-order chi connectivity index (χ0) is 23.6. The number of nitrogens with one attached hydrogen (secondary N) is 2. The number of carbonyl (C=O) groups is 2. The first-order valence-corrected chi connectivity index (χ1v) is 11.3. The van der Waals surface area contributed by atoms with Crippen LogP contribution in [0.4, 0.5) is 15.8 Å². The van der Waals surface area contributed by atoms with Crippen LogP contribution >= 0.6 is 0 Å². The summed E-state index contributed by atoms with van der Waals surface area (Å²) in [5.74, 6) is -0.603. The van der Waals surface area contributed by atoms with Crippen molar-refractivity contribution in [1.29, 1.82) is 0 Å². The Balaban J connectivity index is 1.93. The van der Waals surface area contributed by atoms with E-state index in [2.05, 4.69) is 22.5 Å². The van der Waals surface area contributed by atoms with Gasteiger partial charge in [-0.1, -0.05) is 32.4 Å². The Morgan fingerprint density at radius 2 is 1.79 bits per heavy atom. The molecule has 7 heteroatoms. The highest BCUT2D eigenvalue weighted by Gasteiger charge is 2.20. The van der Waals surface area contributed by atoms with Crippen LogP contribution in [-0.2, 0) is 6.54 Å². The van der Waals surface area contributed by atoms with Gasteiger partial charge < -0.3 is 20.0 Å². The number of halogens is 1. The Morgan fingerprint density at radius 1 is 0.970 bits per heavy atom. The molecular formula is C26H30FN3O3. The largest absolute Gasteiger partial charge is 0.467 e. The monoisotopic (exact) mass is 451 g/mol. The molecule has 2 amide bonds. The summed E-state index contributed by atoms with van der Waals surface area (Å²) in [4.78, 5) is 27.7. The zero-order valence-electron chi connectivity index (χ0n) is 19.1. The van der Waals surface area contributed by atoms with E-state index in [4.69, 9.17) is 4.42 Å². The van der Waals surface area contributed by atoms with Crippen molar-refractivity contribution in [3.63, 3.8) is 0 Å². The predicted molar refractivity (Wildman–Crippen MR) is 128 cm³/mol. The van der Waals surface area contributed by atoms with Gasteiger partial charge in [0.2, 0.25) is 0 Å². The standard InChI is InChI=1S/C26H30FN3O3/c1-3-5-15-30(18-20-9-8-16-33-20)24-13-12-19(17-22(24)25(31)28-14-4-2)29-26(32)21-10-6-7-11-23(21)27/h6-13,16-17H,3-5,14-15,18H2,1-2H3,(H,28,31)(H,29,32). The van der Waals surface area contributed by atoms with E-state index in [1.54, 1.807) is 24.5 Å². The van der Waals surface area contributed by atoms with Gasteiger partial charge in [-0.05, 0) is 55.3 Å². The number of carbonyl (C=O) groups excluding carboxylic acids is 2. The fourth-order valence-corrected chi connectivity index (χ4v) is 3.47. The summed E-state index contributed by atoms with van der Waals surface area (Å²) in [7, 11) is 0. The van der Waals surface area contributed by atoms with Gasteiger partial charge in [0.1, 0.15) is 11.6 Å². The van der Waals surface area contributed by atoms with E-state index < -0.39 is 11.7 Å². The molecule has 1 aromatic heterocycles. The van der Waals surface area contributed by atoms with E-state index in [0.717, 1.165) is 37.3 Å². The van der Waals surface area contributed by atoms with Crippen LogP contribution in [0.25, 0.3) is 0 Å². The molecule has 0 spiro atoms. The number of amides is 2. The normalized spacial score (nSPS) is 10.6. The fourth-order valence-electron chi connectivity index (χ4n) is 3.47. The third-order valence-electron chi connectivity index (χ3n) is 5.20. The summed E-state index contributed by atoms with van der Waals surface area (Å²) in [6.07, 6.45) is 4.38. The van der Waals surface area contributed by atoms with Gasteiger partial charge in [0.05, 0.1) is 29.6 Å². The van der Waals surface area contributed by atoms with Gasteiger partial charge in [-0.3, -0.25) is 9.59 Å². The van der Waals surface area contributed by atoms with Crippen LogP contribution in [-0.4, -0.2) is 24.9 Å².